The maximum Gasteiger partial charge on any atom is 0.257 e. The zero-order valence-electron chi connectivity index (χ0n) is 14.4. The first kappa shape index (κ1) is 17.7. The van der Waals surface area contributed by atoms with E-state index in [-0.39, 0.29) is 5.91 Å². The molecule has 1 aliphatic heterocycles. The average Bonchev–Trinajstić information content (AvgIpc) is 2.68. The van der Waals surface area contributed by atoms with Gasteiger partial charge in [0, 0.05) is 41.9 Å². The molecule has 0 aliphatic carbocycles. The van der Waals surface area contributed by atoms with Crippen LogP contribution in [-0.4, -0.2) is 40.4 Å². The summed E-state index contributed by atoms with van der Waals surface area (Å²) in [6.07, 6.45) is 1.51. The molecule has 7 heteroatoms. The van der Waals surface area contributed by atoms with Gasteiger partial charge in [-0.1, -0.05) is 6.07 Å². The molecule has 0 unspecified atom stereocenters. The second kappa shape index (κ2) is 7.52. The van der Waals surface area contributed by atoms with E-state index in [0.29, 0.717) is 40.9 Å². The predicted molar refractivity (Wildman–Crippen MR) is 105 cm³/mol. The summed E-state index contributed by atoms with van der Waals surface area (Å²) in [4.78, 5) is 19.2. The fourth-order valence-electron chi connectivity index (χ4n) is 3.11. The SMILES string of the molecule is O=C(c1cnc2ccc(F)cc2c1Nc1cccc(F)c1)N1CCSCC1. The zero-order chi connectivity index (χ0) is 18.8. The molecule has 0 bridgehead atoms. The molecular formula is C20H17F2N3OS. The van der Waals surface area contributed by atoms with Crippen molar-refractivity contribution in [1.82, 2.24) is 9.88 Å². The number of hydrogen-bond acceptors (Lipinski definition) is 4. The largest absolute Gasteiger partial charge is 0.354 e. The first-order valence-corrected chi connectivity index (χ1v) is 9.75. The third-order valence-electron chi connectivity index (χ3n) is 4.45. The minimum Gasteiger partial charge on any atom is -0.354 e. The van der Waals surface area contributed by atoms with E-state index < -0.39 is 11.6 Å². The summed E-state index contributed by atoms with van der Waals surface area (Å²) < 4.78 is 27.5. The summed E-state index contributed by atoms with van der Waals surface area (Å²) in [6, 6.07) is 10.2. The van der Waals surface area contributed by atoms with Crippen molar-refractivity contribution in [2.75, 3.05) is 29.9 Å². The minimum atomic E-state index is -0.425. The van der Waals surface area contributed by atoms with Crippen molar-refractivity contribution in [3.8, 4) is 0 Å². The Morgan fingerprint density at radius 1 is 1.07 bits per heavy atom. The highest BCUT2D eigenvalue weighted by Gasteiger charge is 2.23. The van der Waals surface area contributed by atoms with Gasteiger partial charge in [0.25, 0.3) is 5.91 Å². The molecule has 1 aliphatic rings. The van der Waals surface area contributed by atoms with Crippen molar-refractivity contribution in [3.63, 3.8) is 0 Å². The molecule has 4 rings (SSSR count). The molecule has 138 valence electrons. The van der Waals surface area contributed by atoms with Crippen LogP contribution in [0.2, 0.25) is 0 Å². The van der Waals surface area contributed by atoms with Gasteiger partial charge in [-0.05, 0) is 36.4 Å². The quantitative estimate of drug-likeness (QED) is 0.724. The molecule has 0 radical (unpaired) electrons. The summed E-state index contributed by atoms with van der Waals surface area (Å²) in [7, 11) is 0. The van der Waals surface area contributed by atoms with Gasteiger partial charge in [-0.2, -0.15) is 11.8 Å². The Hall–Kier alpha value is -2.67. The second-order valence-corrected chi connectivity index (χ2v) is 7.47. The van der Waals surface area contributed by atoms with E-state index in [0.717, 1.165) is 11.5 Å². The number of fused-ring (bicyclic) bond motifs is 1. The number of nitrogens with one attached hydrogen (secondary N) is 1. The molecule has 0 spiro atoms. The summed E-state index contributed by atoms with van der Waals surface area (Å²) >= 11 is 1.81. The third-order valence-corrected chi connectivity index (χ3v) is 5.40. The number of anilines is 2. The van der Waals surface area contributed by atoms with E-state index in [1.807, 2.05) is 11.8 Å². The van der Waals surface area contributed by atoms with Crippen LogP contribution in [0, 0.1) is 11.6 Å². The number of amides is 1. The van der Waals surface area contributed by atoms with Gasteiger partial charge >= 0.3 is 0 Å². The van der Waals surface area contributed by atoms with Crippen LogP contribution in [0.15, 0.2) is 48.7 Å². The number of aromatic nitrogens is 1. The van der Waals surface area contributed by atoms with Crippen molar-refractivity contribution in [2.45, 2.75) is 0 Å². The summed E-state index contributed by atoms with van der Waals surface area (Å²) in [5, 5.41) is 3.59. The van der Waals surface area contributed by atoms with Gasteiger partial charge < -0.3 is 10.2 Å². The number of pyridine rings is 1. The van der Waals surface area contributed by atoms with E-state index in [1.165, 1.54) is 30.5 Å². The summed E-state index contributed by atoms with van der Waals surface area (Å²) in [5.74, 6) is 0.783. The smallest absolute Gasteiger partial charge is 0.257 e. The molecule has 1 N–H and O–H groups in total. The third kappa shape index (κ3) is 3.73. The van der Waals surface area contributed by atoms with Gasteiger partial charge in [0.1, 0.15) is 11.6 Å². The standard InChI is InChI=1S/C20H17F2N3OS/c21-13-2-1-3-15(10-13)24-19-16-11-14(22)4-5-18(16)23-12-17(19)20(26)25-6-8-27-9-7-25/h1-5,10-12H,6-9H2,(H,23,24). The highest BCUT2D eigenvalue weighted by molar-refractivity contribution is 7.99. The van der Waals surface area contributed by atoms with E-state index >= 15 is 0 Å². The fourth-order valence-corrected chi connectivity index (χ4v) is 4.01. The number of rotatable bonds is 3. The topological polar surface area (TPSA) is 45.2 Å². The monoisotopic (exact) mass is 385 g/mol. The molecule has 2 aromatic carbocycles. The lowest BCUT2D eigenvalue weighted by molar-refractivity contribution is 0.0773. The molecule has 4 nitrogen and oxygen atoms in total. The van der Waals surface area contributed by atoms with Crippen LogP contribution in [0.5, 0.6) is 0 Å². The number of nitrogens with zero attached hydrogens (tertiary/aromatic N) is 2. The van der Waals surface area contributed by atoms with Crippen molar-refractivity contribution in [3.05, 3.63) is 65.9 Å². The Labute approximate surface area is 159 Å². The van der Waals surface area contributed by atoms with Crippen LogP contribution >= 0.6 is 11.8 Å². The maximum atomic E-state index is 13.9. The van der Waals surface area contributed by atoms with Gasteiger partial charge in [-0.15, -0.1) is 0 Å². The van der Waals surface area contributed by atoms with E-state index in [9.17, 15) is 13.6 Å². The van der Waals surface area contributed by atoms with Crippen LogP contribution in [0.3, 0.4) is 0 Å². The Bertz CT molecular complexity index is 1010. The van der Waals surface area contributed by atoms with Crippen LogP contribution in [-0.2, 0) is 0 Å². The maximum absolute atomic E-state index is 13.9. The van der Waals surface area contributed by atoms with Crippen LogP contribution < -0.4 is 5.32 Å². The van der Waals surface area contributed by atoms with Crippen molar-refractivity contribution in [2.24, 2.45) is 0 Å². The van der Waals surface area contributed by atoms with Crippen molar-refractivity contribution in [1.29, 1.82) is 0 Å². The zero-order valence-corrected chi connectivity index (χ0v) is 15.2. The molecule has 3 aromatic rings. The molecule has 0 saturated carbocycles. The lowest BCUT2D eigenvalue weighted by Crippen LogP contribution is -2.38. The molecule has 27 heavy (non-hydrogen) atoms. The van der Waals surface area contributed by atoms with E-state index in [4.69, 9.17) is 0 Å². The first-order chi connectivity index (χ1) is 13.1. The lowest BCUT2D eigenvalue weighted by Gasteiger charge is -2.27. The minimum absolute atomic E-state index is 0.159. The number of halogens is 2. The van der Waals surface area contributed by atoms with Crippen LogP contribution in [0.1, 0.15) is 10.4 Å². The van der Waals surface area contributed by atoms with Gasteiger partial charge in [0.05, 0.1) is 16.8 Å². The number of carbonyl (C=O) groups is 1. The number of benzene rings is 2. The van der Waals surface area contributed by atoms with E-state index in [2.05, 4.69) is 10.3 Å². The Kier molecular flexibility index (Phi) is 4.94. The van der Waals surface area contributed by atoms with Gasteiger partial charge in [-0.3, -0.25) is 9.78 Å². The molecule has 2 heterocycles. The molecule has 1 fully saturated rings. The predicted octanol–water partition coefficient (Wildman–Crippen LogP) is 4.45. The lowest BCUT2D eigenvalue weighted by atomic mass is 10.1. The Morgan fingerprint density at radius 2 is 1.85 bits per heavy atom. The highest BCUT2D eigenvalue weighted by atomic mass is 32.2. The molecular weight excluding hydrogens is 368 g/mol. The molecule has 1 amide bonds. The number of thioether (sulfide) groups is 1. The van der Waals surface area contributed by atoms with Crippen LogP contribution in [0.25, 0.3) is 10.9 Å². The number of carbonyl (C=O) groups excluding carboxylic acids is 1. The highest BCUT2D eigenvalue weighted by Crippen LogP contribution is 2.31. The average molecular weight is 385 g/mol. The van der Waals surface area contributed by atoms with Crippen molar-refractivity contribution < 1.29 is 13.6 Å². The first-order valence-electron chi connectivity index (χ1n) is 8.60. The summed E-state index contributed by atoms with van der Waals surface area (Å²) in [5.41, 5.74) is 1.83. The normalized spacial score (nSPS) is 14.4. The second-order valence-electron chi connectivity index (χ2n) is 6.25. The summed E-state index contributed by atoms with van der Waals surface area (Å²) in [6.45, 7) is 1.31. The molecule has 1 aromatic heterocycles. The Morgan fingerprint density at radius 3 is 2.63 bits per heavy atom. The fraction of sp³-hybridized carbons (Fsp3) is 0.200. The number of hydrogen-bond donors (Lipinski definition) is 1. The molecule has 0 atom stereocenters. The molecule has 1 saturated heterocycles. The Balaban J connectivity index is 1.83. The van der Waals surface area contributed by atoms with Gasteiger partial charge in [-0.25, -0.2) is 8.78 Å². The van der Waals surface area contributed by atoms with Gasteiger partial charge in [0.15, 0.2) is 0 Å². The van der Waals surface area contributed by atoms with E-state index in [1.54, 1.807) is 23.1 Å². The van der Waals surface area contributed by atoms with Crippen molar-refractivity contribution >= 4 is 39.9 Å². The van der Waals surface area contributed by atoms with Gasteiger partial charge in [0.2, 0.25) is 0 Å². The van der Waals surface area contributed by atoms with Crippen LogP contribution in [0.4, 0.5) is 20.2 Å².